The first-order valence-electron chi connectivity index (χ1n) is 7.31. The van der Waals surface area contributed by atoms with E-state index in [0.717, 1.165) is 32.6 Å². The van der Waals surface area contributed by atoms with Crippen LogP contribution in [-0.2, 0) is 0 Å². The van der Waals surface area contributed by atoms with E-state index in [1.54, 1.807) is 0 Å². The molecule has 4 heteroatoms. The Morgan fingerprint density at radius 3 is 2.56 bits per heavy atom. The second kappa shape index (κ2) is 5.87. The van der Waals surface area contributed by atoms with Gasteiger partial charge in [0.15, 0.2) is 0 Å². The van der Waals surface area contributed by atoms with E-state index in [9.17, 15) is 5.11 Å². The zero-order valence-corrected chi connectivity index (χ0v) is 11.9. The molecule has 3 N–H and O–H groups in total. The van der Waals surface area contributed by atoms with Crippen molar-refractivity contribution in [3.05, 3.63) is 0 Å². The molecule has 2 rings (SSSR count). The van der Waals surface area contributed by atoms with Gasteiger partial charge in [-0.3, -0.25) is 4.90 Å². The van der Waals surface area contributed by atoms with Gasteiger partial charge in [-0.2, -0.15) is 0 Å². The Kier molecular flexibility index (Phi) is 4.64. The molecule has 0 aromatic heterocycles. The molecule has 2 atom stereocenters. The molecule has 1 saturated carbocycles. The third kappa shape index (κ3) is 3.23. The Labute approximate surface area is 111 Å². The van der Waals surface area contributed by atoms with E-state index in [1.165, 1.54) is 25.7 Å². The van der Waals surface area contributed by atoms with Crippen molar-refractivity contribution in [1.82, 2.24) is 9.80 Å². The van der Waals surface area contributed by atoms with Crippen molar-refractivity contribution in [2.45, 2.75) is 44.2 Å². The summed E-state index contributed by atoms with van der Waals surface area (Å²) >= 11 is 0. The maximum Gasteiger partial charge on any atom is 0.0682 e. The quantitative estimate of drug-likeness (QED) is 0.751. The smallest absolute Gasteiger partial charge is 0.0682 e. The fraction of sp³-hybridized carbons (Fsp3) is 1.00. The lowest BCUT2D eigenvalue weighted by Gasteiger charge is -2.36. The number of hydrogen-bond donors (Lipinski definition) is 2. The molecule has 2 fully saturated rings. The zero-order chi connectivity index (χ0) is 13.2. The maximum atomic E-state index is 9.92. The van der Waals surface area contributed by atoms with Gasteiger partial charge in [-0.15, -0.1) is 0 Å². The second-order valence-corrected chi connectivity index (χ2v) is 6.65. The summed E-state index contributed by atoms with van der Waals surface area (Å²) in [6.07, 6.45) is 5.96. The molecule has 0 amide bonds. The summed E-state index contributed by atoms with van der Waals surface area (Å²) in [6.45, 7) is 3.76. The SMILES string of the molecule is CN(C)CC1CC(O)CN1CC1(CN)CCCC1. The van der Waals surface area contributed by atoms with Crippen LogP contribution in [0.4, 0.5) is 0 Å². The molecular formula is C14H29N3O. The number of rotatable bonds is 5. The molecular weight excluding hydrogens is 226 g/mol. The van der Waals surface area contributed by atoms with E-state index in [-0.39, 0.29) is 6.10 Å². The normalized spacial score (nSPS) is 32.5. The maximum absolute atomic E-state index is 9.92. The van der Waals surface area contributed by atoms with Crippen LogP contribution >= 0.6 is 0 Å². The van der Waals surface area contributed by atoms with Crippen LogP contribution in [0.2, 0.25) is 0 Å². The van der Waals surface area contributed by atoms with Gasteiger partial charge in [0.2, 0.25) is 0 Å². The molecule has 1 aliphatic heterocycles. The van der Waals surface area contributed by atoms with Gasteiger partial charge in [-0.25, -0.2) is 0 Å². The van der Waals surface area contributed by atoms with Crippen LogP contribution in [0.25, 0.3) is 0 Å². The molecule has 2 unspecified atom stereocenters. The number of likely N-dealkylation sites (tertiary alicyclic amines) is 1. The highest BCUT2D eigenvalue weighted by molar-refractivity contribution is 4.94. The number of nitrogens with two attached hydrogens (primary N) is 1. The summed E-state index contributed by atoms with van der Waals surface area (Å²) in [7, 11) is 4.22. The molecule has 18 heavy (non-hydrogen) atoms. The summed E-state index contributed by atoms with van der Waals surface area (Å²) in [5.74, 6) is 0. The summed E-state index contributed by atoms with van der Waals surface area (Å²) in [5.41, 5.74) is 6.36. The molecule has 0 radical (unpaired) electrons. The summed E-state index contributed by atoms with van der Waals surface area (Å²) in [5, 5.41) is 9.92. The largest absolute Gasteiger partial charge is 0.392 e. The van der Waals surface area contributed by atoms with Gasteiger partial charge in [-0.05, 0) is 45.3 Å². The molecule has 0 spiro atoms. The third-order valence-corrected chi connectivity index (χ3v) is 4.72. The Morgan fingerprint density at radius 1 is 1.33 bits per heavy atom. The molecule has 2 aliphatic rings. The molecule has 106 valence electrons. The van der Waals surface area contributed by atoms with Crippen molar-refractivity contribution < 1.29 is 5.11 Å². The van der Waals surface area contributed by atoms with Gasteiger partial charge in [0.1, 0.15) is 0 Å². The lowest BCUT2D eigenvalue weighted by Crippen LogP contribution is -2.46. The Bertz CT molecular complexity index is 264. The van der Waals surface area contributed by atoms with Gasteiger partial charge in [0, 0.05) is 25.7 Å². The number of aliphatic hydroxyl groups excluding tert-OH is 1. The van der Waals surface area contributed by atoms with Gasteiger partial charge in [0.05, 0.1) is 6.10 Å². The molecule has 0 bridgehead atoms. The van der Waals surface area contributed by atoms with E-state index in [4.69, 9.17) is 5.73 Å². The van der Waals surface area contributed by atoms with E-state index >= 15 is 0 Å². The summed E-state index contributed by atoms with van der Waals surface area (Å²) in [6, 6.07) is 0.499. The van der Waals surface area contributed by atoms with Crippen molar-refractivity contribution in [2.75, 3.05) is 40.3 Å². The van der Waals surface area contributed by atoms with E-state index in [1.807, 2.05) is 0 Å². The highest BCUT2D eigenvalue weighted by atomic mass is 16.3. The van der Waals surface area contributed by atoms with Gasteiger partial charge in [0.25, 0.3) is 0 Å². The molecule has 4 nitrogen and oxygen atoms in total. The fourth-order valence-electron chi connectivity index (χ4n) is 3.75. The Morgan fingerprint density at radius 2 is 2.00 bits per heavy atom. The number of nitrogens with zero attached hydrogens (tertiary/aromatic N) is 2. The van der Waals surface area contributed by atoms with Gasteiger partial charge in [-0.1, -0.05) is 12.8 Å². The number of aliphatic hydroxyl groups is 1. The highest BCUT2D eigenvalue weighted by Crippen LogP contribution is 2.39. The summed E-state index contributed by atoms with van der Waals surface area (Å²) < 4.78 is 0. The van der Waals surface area contributed by atoms with Crippen LogP contribution in [0.1, 0.15) is 32.1 Å². The first-order chi connectivity index (χ1) is 8.54. The van der Waals surface area contributed by atoms with E-state index < -0.39 is 0 Å². The minimum atomic E-state index is -0.147. The van der Waals surface area contributed by atoms with Crippen LogP contribution in [0, 0.1) is 5.41 Å². The van der Waals surface area contributed by atoms with Crippen molar-refractivity contribution in [1.29, 1.82) is 0 Å². The molecule has 0 aromatic rings. The van der Waals surface area contributed by atoms with Crippen molar-refractivity contribution in [3.63, 3.8) is 0 Å². The number of β-amino-alcohol motifs (C(OH)–C–C–N with tert-alkyl or cyclic N) is 1. The monoisotopic (exact) mass is 255 g/mol. The third-order valence-electron chi connectivity index (χ3n) is 4.72. The van der Waals surface area contributed by atoms with Crippen molar-refractivity contribution in [3.8, 4) is 0 Å². The average molecular weight is 255 g/mol. The van der Waals surface area contributed by atoms with Gasteiger partial charge < -0.3 is 15.7 Å². The number of hydrogen-bond acceptors (Lipinski definition) is 4. The van der Waals surface area contributed by atoms with Crippen LogP contribution in [0.5, 0.6) is 0 Å². The summed E-state index contributed by atoms with van der Waals surface area (Å²) in [4.78, 5) is 4.71. The van der Waals surface area contributed by atoms with Crippen molar-refractivity contribution >= 4 is 0 Å². The van der Waals surface area contributed by atoms with Crippen LogP contribution in [0.3, 0.4) is 0 Å². The Hall–Kier alpha value is -0.160. The number of likely N-dealkylation sites (N-methyl/N-ethyl adjacent to an activating group) is 1. The van der Waals surface area contributed by atoms with Crippen molar-refractivity contribution in [2.24, 2.45) is 11.1 Å². The topological polar surface area (TPSA) is 52.7 Å². The molecule has 1 heterocycles. The zero-order valence-electron chi connectivity index (χ0n) is 11.9. The predicted molar refractivity (Wildman–Crippen MR) is 74.5 cm³/mol. The van der Waals surface area contributed by atoms with Crippen LogP contribution in [0.15, 0.2) is 0 Å². The second-order valence-electron chi connectivity index (χ2n) is 6.65. The fourth-order valence-corrected chi connectivity index (χ4v) is 3.75. The molecule has 1 saturated heterocycles. The minimum absolute atomic E-state index is 0.147. The van der Waals surface area contributed by atoms with E-state index in [2.05, 4.69) is 23.9 Å². The molecule has 0 aromatic carbocycles. The van der Waals surface area contributed by atoms with Crippen LogP contribution < -0.4 is 5.73 Å². The van der Waals surface area contributed by atoms with Crippen LogP contribution in [-0.4, -0.2) is 67.3 Å². The predicted octanol–water partition coefficient (Wildman–Crippen LogP) is 0.502. The van der Waals surface area contributed by atoms with Gasteiger partial charge >= 0.3 is 0 Å². The Balaban J connectivity index is 1.97. The first-order valence-corrected chi connectivity index (χ1v) is 7.31. The lowest BCUT2D eigenvalue weighted by molar-refractivity contribution is 0.120. The average Bonchev–Trinajstić information content (AvgIpc) is 2.87. The molecule has 1 aliphatic carbocycles. The highest BCUT2D eigenvalue weighted by Gasteiger charge is 2.39. The standard InChI is InChI=1S/C14H29N3O/c1-16(2)8-12-7-13(18)9-17(12)11-14(10-15)5-3-4-6-14/h12-13,18H,3-11,15H2,1-2H3. The first kappa shape index (κ1) is 14.3. The van der Waals surface area contributed by atoms with E-state index in [0.29, 0.717) is 11.5 Å². The lowest BCUT2D eigenvalue weighted by atomic mass is 9.85. The minimum Gasteiger partial charge on any atom is -0.392 e.